The fourth-order valence-corrected chi connectivity index (χ4v) is 4.97. The molecular weight excluding hydrogens is 408 g/mol. The molecule has 6 aromatic rings. The quantitative estimate of drug-likeness (QED) is 0.193. The van der Waals surface area contributed by atoms with Gasteiger partial charge < -0.3 is 0 Å². The lowest BCUT2D eigenvalue weighted by atomic mass is 9.82. The summed E-state index contributed by atoms with van der Waals surface area (Å²) >= 11 is 0. The highest BCUT2D eigenvalue weighted by Gasteiger charge is 2.20. The minimum atomic E-state index is 1.21. The Morgan fingerprint density at radius 1 is 0.324 bits per heavy atom. The van der Waals surface area contributed by atoms with Gasteiger partial charge in [0.2, 0.25) is 0 Å². The van der Waals surface area contributed by atoms with E-state index in [1.54, 1.807) is 0 Å². The topological polar surface area (TPSA) is 0 Å². The van der Waals surface area contributed by atoms with Crippen LogP contribution < -0.4 is 0 Å². The monoisotopic (exact) mass is 432 g/mol. The van der Waals surface area contributed by atoms with E-state index in [-0.39, 0.29) is 0 Å². The van der Waals surface area contributed by atoms with Crippen LogP contribution in [0.3, 0.4) is 0 Å². The molecule has 160 valence electrons. The molecule has 0 spiro atoms. The number of rotatable bonds is 4. The van der Waals surface area contributed by atoms with Crippen LogP contribution in [-0.2, 0) is 0 Å². The lowest BCUT2D eigenvalue weighted by Gasteiger charge is -2.21. The second-order valence-corrected chi connectivity index (χ2v) is 8.54. The molecule has 0 N–H and O–H groups in total. The minimum Gasteiger partial charge on any atom is -0.0622 e. The van der Waals surface area contributed by atoms with E-state index in [9.17, 15) is 0 Å². The van der Waals surface area contributed by atoms with Gasteiger partial charge in [0.25, 0.3) is 0 Å². The maximum atomic E-state index is 2.31. The molecule has 0 unspecified atom stereocenters. The lowest BCUT2D eigenvalue weighted by molar-refractivity contribution is 1.52. The van der Waals surface area contributed by atoms with Gasteiger partial charge in [-0.05, 0) is 61.0 Å². The van der Waals surface area contributed by atoms with E-state index < -0.39 is 0 Å². The fraction of sp³-hybridized carbons (Fsp3) is 0. The SMILES string of the molecule is c1ccc(C(=C(c2ccccc2)c2c3ccccc3cc3ccccc23)c2ccccc2)cc1. The summed E-state index contributed by atoms with van der Waals surface area (Å²) in [5, 5.41) is 5.05. The van der Waals surface area contributed by atoms with Crippen LogP contribution in [0.5, 0.6) is 0 Å². The first-order chi connectivity index (χ1) is 16.9. The van der Waals surface area contributed by atoms with Crippen molar-refractivity contribution in [2.45, 2.75) is 0 Å². The van der Waals surface area contributed by atoms with E-state index >= 15 is 0 Å². The molecule has 6 aromatic carbocycles. The second-order valence-electron chi connectivity index (χ2n) is 8.54. The van der Waals surface area contributed by atoms with Gasteiger partial charge in [-0.3, -0.25) is 0 Å². The zero-order valence-corrected chi connectivity index (χ0v) is 18.9. The third kappa shape index (κ3) is 3.60. The predicted octanol–water partition coefficient (Wildman–Crippen LogP) is 9.00. The van der Waals surface area contributed by atoms with Crippen LogP contribution in [-0.4, -0.2) is 0 Å². The molecule has 0 aliphatic rings. The van der Waals surface area contributed by atoms with Crippen molar-refractivity contribution in [1.82, 2.24) is 0 Å². The molecule has 6 rings (SSSR count). The van der Waals surface area contributed by atoms with Crippen LogP contribution in [0.2, 0.25) is 0 Å². The predicted molar refractivity (Wildman–Crippen MR) is 146 cm³/mol. The van der Waals surface area contributed by atoms with E-state index in [2.05, 4.69) is 146 Å². The van der Waals surface area contributed by atoms with Crippen molar-refractivity contribution in [3.05, 3.63) is 168 Å². The van der Waals surface area contributed by atoms with Gasteiger partial charge in [0, 0.05) is 0 Å². The zero-order valence-electron chi connectivity index (χ0n) is 18.9. The molecule has 0 heterocycles. The molecule has 0 saturated heterocycles. The van der Waals surface area contributed by atoms with Gasteiger partial charge in [0.1, 0.15) is 0 Å². The van der Waals surface area contributed by atoms with Gasteiger partial charge in [0.15, 0.2) is 0 Å². The van der Waals surface area contributed by atoms with Crippen molar-refractivity contribution in [2.24, 2.45) is 0 Å². The van der Waals surface area contributed by atoms with Crippen molar-refractivity contribution < 1.29 is 0 Å². The molecule has 0 aliphatic heterocycles. The molecule has 0 fully saturated rings. The first kappa shape index (κ1) is 20.2. The standard InChI is InChI=1S/C34H24/c1-4-14-25(15-5-1)32(26-16-6-2-7-17-26)33(27-18-8-3-9-19-27)34-30-22-12-10-20-28(30)24-29-21-11-13-23-31(29)34/h1-24H. The normalized spacial score (nSPS) is 10.9. The summed E-state index contributed by atoms with van der Waals surface area (Å²) in [4.78, 5) is 0. The Kier molecular flexibility index (Phi) is 5.26. The van der Waals surface area contributed by atoms with Crippen molar-refractivity contribution >= 4 is 32.7 Å². The van der Waals surface area contributed by atoms with Crippen LogP contribution in [0.25, 0.3) is 32.7 Å². The van der Waals surface area contributed by atoms with Gasteiger partial charge in [-0.25, -0.2) is 0 Å². The zero-order chi connectivity index (χ0) is 22.7. The maximum absolute atomic E-state index is 2.31. The number of fused-ring (bicyclic) bond motifs is 2. The van der Waals surface area contributed by atoms with E-state index in [0.717, 1.165) is 0 Å². The van der Waals surface area contributed by atoms with E-state index in [1.165, 1.54) is 54.9 Å². The number of benzene rings is 6. The fourth-order valence-electron chi connectivity index (χ4n) is 4.97. The third-order valence-corrected chi connectivity index (χ3v) is 6.46. The first-order valence-electron chi connectivity index (χ1n) is 11.7. The van der Waals surface area contributed by atoms with E-state index in [1.807, 2.05) is 0 Å². The molecule has 0 radical (unpaired) electrons. The largest absolute Gasteiger partial charge is 0.0622 e. The van der Waals surface area contributed by atoms with Gasteiger partial charge >= 0.3 is 0 Å². The number of hydrogen-bond donors (Lipinski definition) is 0. The molecule has 0 saturated carbocycles. The summed E-state index contributed by atoms with van der Waals surface area (Å²) < 4.78 is 0. The molecular formula is C34H24. The Morgan fingerprint density at radius 2 is 0.676 bits per heavy atom. The highest BCUT2D eigenvalue weighted by Crippen LogP contribution is 2.42. The Hall–Kier alpha value is -4.42. The molecule has 0 amide bonds. The van der Waals surface area contributed by atoms with Crippen molar-refractivity contribution in [3.8, 4) is 0 Å². The molecule has 0 atom stereocenters. The van der Waals surface area contributed by atoms with Crippen LogP contribution in [0, 0.1) is 0 Å². The number of hydrogen-bond acceptors (Lipinski definition) is 0. The molecule has 0 nitrogen and oxygen atoms in total. The molecule has 0 aromatic heterocycles. The minimum absolute atomic E-state index is 1.21. The Bertz CT molecular complexity index is 1510. The molecule has 0 aliphatic carbocycles. The van der Waals surface area contributed by atoms with Gasteiger partial charge in [-0.2, -0.15) is 0 Å². The smallest absolute Gasteiger partial charge is 0.00143 e. The van der Waals surface area contributed by atoms with E-state index in [4.69, 9.17) is 0 Å². The van der Waals surface area contributed by atoms with Crippen molar-refractivity contribution in [1.29, 1.82) is 0 Å². The summed E-state index contributed by atoms with van der Waals surface area (Å²) in [6, 6.07) is 52.2. The summed E-state index contributed by atoms with van der Waals surface area (Å²) in [6.45, 7) is 0. The van der Waals surface area contributed by atoms with Crippen LogP contribution in [0.1, 0.15) is 22.3 Å². The highest BCUT2D eigenvalue weighted by atomic mass is 14.2. The maximum Gasteiger partial charge on any atom is -0.00143 e. The second kappa shape index (κ2) is 8.84. The summed E-state index contributed by atoms with van der Waals surface area (Å²) in [6.07, 6.45) is 0. The third-order valence-electron chi connectivity index (χ3n) is 6.46. The average molecular weight is 433 g/mol. The van der Waals surface area contributed by atoms with Crippen LogP contribution >= 0.6 is 0 Å². The molecule has 0 bridgehead atoms. The Labute approximate surface area is 200 Å². The van der Waals surface area contributed by atoms with E-state index in [0.29, 0.717) is 0 Å². The van der Waals surface area contributed by atoms with Crippen molar-refractivity contribution in [2.75, 3.05) is 0 Å². The van der Waals surface area contributed by atoms with Crippen LogP contribution in [0.15, 0.2) is 146 Å². The average Bonchev–Trinajstić information content (AvgIpc) is 2.92. The molecule has 34 heavy (non-hydrogen) atoms. The van der Waals surface area contributed by atoms with Crippen molar-refractivity contribution in [3.63, 3.8) is 0 Å². The molecule has 0 heteroatoms. The van der Waals surface area contributed by atoms with Gasteiger partial charge in [-0.15, -0.1) is 0 Å². The van der Waals surface area contributed by atoms with Gasteiger partial charge in [0.05, 0.1) is 0 Å². The summed E-state index contributed by atoms with van der Waals surface area (Å²) in [5.41, 5.74) is 7.42. The summed E-state index contributed by atoms with van der Waals surface area (Å²) in [7, 11) is 0. The van der Waals surface area contributed by atoms with Crippen LogP contribution in [0.4, 0.5) is 0 Å². The lowest BCUT2D eigenvalue weighted by Crippen LogP contribution is -1.99. The first-order valence-corrected chi connectivity index (χ1v) is 11.7. The Balaban J connectivity index is 1.87. The Morgan fingerprint density at radius 3 is 1.12 bits per heavy atom. The summed E-state index contributed by atoms with van der Waals surface area (Å²) in [5.74, 6) is 0. The highest BCUT2D eigenvalue weighted by molar-refractivity contribution is 6.17. The van der Waals surface area contributed by atoms with Gasteiger partial charge in [-0.1, -0.05) is 140 Å².